The van der Waals surface area contributed by atoms with Gasteiger partial charge in [0.05, 0.1) is 5.69 Å². The van der Waals surface area contributed by atoms with Crippen molar-refractivity contribution in [1.82, 2.24) is 9.78 Å². The summed E-state index contributed by atoms with van der Waals surface area (Å²) in [6.07, 6.45) is 2.26. The molecule has 0 amide bonds. The molecular weight excluding hydrogens is 202 g/mol. The summed E-state index contributed by atoms with van der Waals surface area (Å²) in [6.45, 7) is 0. The highest BCUT2D eigenvalue weighted by atomic mass is 16.1. The molecule has 4 heteroatoms. The molecule has 1 aromatic carbocycles. The highest BCUT2D eigenvalue weighted by Gasteiger charge is 2.04. The van der Waals surface area contributed by atoms with E-state index >= 15 is 0 Å². The summed E-state index contributed by atoms with van der Waals surface area (Å²) in [5.74, 6) is 0.529. The van der Waals surface area contributed by atoms with Crippen LogP contribution >= 0.6 is 0 Å². The molecule has 0 fully saturated rings. The predicted octanol–water partition coefficient (Wildman–Crippen LogP) is 1.98. The number of aromatic nitrogens is 2. The first kappa shape index (κ1) is 10.3. The smallest absolute Gasteiger partial charge is 0.242 e. The molecule has 0 unspecified atom stereocenters. The maximum atomic E-state index is 10.2. The first-order valence-corrected chi connectivity index (χ1v) is 4.94. The molecule has 2 aromatic rings. The van der Waals surface area contributed by atoms with E-state index in [1.807, 2.05) is 30.3 Å². The number of rotatable bonds is 3. The minimum absolute atomic E-state index is 0.529. The van der Waals surface area contributed by atoms with Gasteiger partial charge in [0.2, 0.25) is 6.08 Å². The first-order chi connectivity index (χ1) is 7.79. The Morgan fingerprint density at radius 2 is 2.12 bits per heavy atom. The molecule has 0 N–H and O–H groups in total. The Bertz CT molecular complexity index is 524. The molecule has 0 spiro atoms. The second-order valence-electron chi connectivity index (χ2n) is 3.48. The number of aliphatic imine (C=N–C) groups is 1. The van der Waals surface area contributed by atoms with Gasteiger partial charge in [-0.1, -0.05) is 30.3 Å². The minimum Gasteiger partial charge on any atom is -0.250 e. The van der Waals surface area contributed by atoms with Gasteiger partial charge in [-0.05, 0) is 5.56 Å². The fourth-order valence-electron chi connectivity index (χ4n) is 1.56. The highest BCUT2D eigenvalue weighted by Crippen LogP contribution is 2.15. The summed E-state index contributed by atoms with van der Waals surface area (Å²) in [6, 6.07) is 11.8. The van der Waals surface area contributed by atoms with Crippen molar-refractivity contribution in [3.8, 4) is 0 Å². The van der Waals surface area contributed by atoms with E-state index in [2.05, 4.69) is 10.1 Å². The quantitative estimate of drug-likeness (QED) is 0.578. The lowest BCUT2D eigenvalue weighted by Crippen LogP contribution is -1.93. The number of hydrogen-bond donors (Lipinski definition) is 0. The van der Waals surface area contributed by atoms with Crippen LogP contribution < -0.4 is 0 Å². The zero-order chi connectivity index (χ0) is 11.4. The lowest BCUT2D eigenvalue weighted by molar-refractivity contribution is 0.564. The van der Waals surface area contributed by atoms with Crippen molar-refractivity contribution in [2.24, 2.45) is 12.0 Å². The molecule has 0 aliphatic rings. The Morgan fingerprint density at radius 3 is 2.81 bits per heavy atom. The fraction of sp³-hybridized carbons (Fsp3) is 0.167. The second-order valence-corrected chi connectivity index (χ2v) is 3.48. The van der Waals surface area contributed by atoms with Gasteiger partial charge in [0.25, 0.3) is 0 Å². The van der Waals surface area contributed by atoms with Crippen molar-refractivity contribution in [3.05, 3.63) is 47.7 Å². The Labute approximate surface area is 93.2 Å². The van der Waals surface area contributed by atoms with Gasteiger partial charge in [0.1, 0.15) is 0 Å². The summed E-state index contributed by atoms with van der Waals surface area (Å²) in [4.78, 5) is 13.7. The van der Waals surface area contributed by atoms with Crippen molar-refractivity contribution in [3.63, 3.8) is 0 Å². The van der Waals surface area contributed by atoms with Gasteiger partial charge < -0.3 is 0 Å². The fourth-order valence-corrected chi connectivity index (χ4v) is 1.56. The van der Waals surface area contributed by atoms with E-state index < -0.39 is 0 Å². The molecule has 0 bridgehead atoms. The minimum atomic E-state index is 0.529. The largest absolute Gasteiger partial charge is 0.250 e. The molecule has 0 saturated carbocycles. The number of hydrogen-bond acceptors (Lipinski definition) is 3. The zero-order valence-corrected chi connectivity index (χ0v) is 8.92. The molecule has 0 radical (unpaired) electrons. The van der Waals surface area contributed by atoms with Gasteiger partial charge in [0.15, 0.2) is 5.82 Å². The SMILES string of the molecule is Cn1nc(Cc2ccccc2)cc1N=C=O. The summed E-state index contributed by atoms with van der Waals surface area (Å²) >= 11 is 0. The van der Waals surface area contributed by atoms with Gasteiger partial charge in [-0.2, -0.15) is 5.10 Å². The molecule has 4 nitrogen and oxygen atoms in total. The third-order valence-corrected chi connectivity index (χ3v) is 2.29. The number of isocyanates is 1. The van der Waals surface area contributed by atoms with Crippen molar-refractivity contribution in [2.45, 2.75) is 6.42 Å². The Morgan fingerprint density at radius 1 is 1.38 bits per heavy atom. The lowest BCUT2D eigenvalue weighted by atomic mass is 10.1. The van der Waals surface area contributed by atoms with Crippen LogP contribution in [0, 0.1) is 0 Å². The Kier molecular flexibility index (Phi) is 2.94. The second kappa shape index (κ2) is 4.55. The first-order valence-electron chi connectivity index (χ1n) is 4.94. The van der Waals surface area contributed by atoms with Gasteiger partial charge in [0, 0.05) is 19.5 Å². The van der Waals surface area contributed by atoms with Crippen molar-refractivity contribution in [1.29, 1.82) is 0 Å². The molecule has 1 aromatic heterocycles. The number of carbonyl (C=O) groups excluding carboxylic acids is 1. The number of benzene rings is 1. The highest BCUT2D eigenvalue weighted by molar-refractivity contribution is 5.45. The van der Waals surface area contributed by atoms with E-state index in [4.69, 9.17) is 0 Å². The van der Waals surface area contributed by atoms with E-state index in [9.17, 15) is 4.79 Å². The normalized spacial score (nSPS) is 9.81. The summed E-state index contributed by atoms with van der Waals surface area (Å²) in [5, 5.41) is 4.27. The van der Waals surface area contributed by atoms with Gasteiger partial charge in [-0.25, -0.2) is 9.48 Å². The van der Waals surface area contributed by atoms with Crippen LogP contribution in [0.15, 0.2) is 41.4 Å². The molecule has 0 saturated heterocycles. The molecule has 0 atom stereocenters. The molecule has 80 valence electrons. The summed E-state index contributed by atoms with van der Waals surface area (Å²) < 4.78 is 1.57. The third kappa shape index (κ3) is 2.24. The standard InChI is InChI=1S/C12H11N3O/c1-15-12(13-9-16)8-11(14-15)7-10-5-3-2-4-6-10/h2-6,8H,7H2,1H3. The average molecular weight is 213 g/mol. The molecule has 2 rings (SSSR count). The van der Waals surface area contributed by atoms with E-state index in [0.717, 1.165) is 12.1 Å². The monoisotopic (exact) mass is 213 g/mol. The summed E-state index contributed by atoms with van der Waals surface area (Å²) in [7, 11) is 1.75. The predicted molar refractivity (Wildman–Crippen MR) is 60.2 cm³/mol. The van der Waals surface area contributed by atoms with Crippen LogP contribution in [0.25, 0.3) is 0 Å². The van der Waals surface area contributed by atoms with Gasteiger partial charge in [-0.3, -0.25) is 0 Å². The lowest BCUT2D eigenvalue weighted by Gasteiger charge is -1.95. The van der Waals surface area contributed by atoms with Crippen LogP contribution in [0.2, 0.25) is 0 Å². The molecule has 1 heterocycles. The maximum Gasteiger partial charge on any atom is 0.242 e. The van der Waals surface area contributed by atoms with Crippen LogP contribution in [-0.2, 0) is 18.3 Å². The molecule has 0 aliphatic carbocycles. The van der Waals surface area contributed by atoms with Gasteiger partial charge >= 0.3 is 0 Å². The van der Waals surface area contributed by atoms with Crippen LogP contribution in [0.3, 0.4) is 0 Å². The van der Waals surface area contributed by atoms with E-state index in [0.29, 0.717) is 5.82 Å². The van der Waals surface area contributed by atoms with Crippen molar-refractivity contribution >= 4 is 11.9 Å². The molecule has 16 heavy (non-hydrogen) atoms. The average Bonchev–Trinajstić information content (AvgIpc) is 2.61. The molecular formula is C12H11N3O. The van der Waals surface area contributed by atoms with Gasteiger partial charge in [-0.15, -0.1) is 4.99 Å². The van der Waals surface area contributed by atoms with Crippen molar-refractivity contribution in [2.75, 3.05) is 0 Å². The van der Waals surface area contributed by atoms with E-state index in [-0.39, 0.29) is 0 Å². The van der Waals surface area contributed by atoms with Crippen LogP contribution in [0.1, 0.15) is 11.3 Å². The van der Waals surface area contributed by atoms with E-state index in [1.54, 1.807) is 17.8 Å². The Hall–Kier alpha value is -2.19. The maximum absolute atomic E-state index is 10.2. The number of nitrogens with zero attached hydrogens (tertiary/aromatic N) is 3. The van der Waals surface area contributed by atoms with Crippen LogP contribution in [0.5, 0.6) is 0 Å². The zero-order valence-electron chi connectivity index (χ0n) is 8.92. The summed E-state index contributed by atoms with van der Waals surface area (Å²) in [5.41, 5.74) is 2.07. The van der Waals surface area contributed by atoms with E-state index in [1.165, 1.54) is 11.6 Å². The van der Waals surface area contributed by atoms with Crippen molar-refractivity contribution < 1.29 is 4.79 Å². The molecule has 0 aliphatic heterocycles. The Balaban J connectivity index is 2.23. The van der Waals surface area contributed by atoms with Crippen LogP contribution in [0.4, 0.5) is 5.82 Å². The van der Waals surface area contributed by atoms with Crippen LogP contribution in [-0.4, -0.2) is 15.9 Å². The topological polar surface area (TPSA) is 47.2 Å². The third-order valence-electron chi connectivity index (χ3n) is 2.29. The number of aryl methyl sites for hydroxylation is 1.